The fraction of sp³-hybridized carbons (Fsp3) is 0.440. The normalized spacial score (nSPS) is 17.0. The van der Waals surface area contributed by atoms with Crippen molar-refractivity contribution in [3.63, 3.8) is 0 Å². The van der Waals surface area contributed by atoms with Crippen LogP contribution in [0.4, 0.5) is 5.69 Å². The molecule has 5 heteroatoms. The number of ether oxygens (including phenoxy) is 1. The molecule has 30 heavy (non-hydrogen) atoms. The number of rotatable bonds is 5. The molecule has 4 rings (SSSR count). The highest BCUT2D eigenvalue weighted by atomic mass is 16.5. The largest absolute Gasteiger partial charge is 0.481 e. The second-order valence-corrected chi connectivity index (χ2v) is 8.25. The first kappa shape index (κ1) is 20.5. The van der Waals surface area contributed by atoms with Gasteiger partial charge >= 0.3 is 0 Å². The maximum Gasteiger partial charge on any atom is 0.265 e. The van der Waals surface area contributed by atoms with Gasteiger partial charge in [0.1, 0.15) is 5.75 Å². The van der Waals surface area contributed by atoms with Gasteiger partial charge in [0.25, 0.3) is 11.8 Å². The summed E-state index contributed by atoms with van der Waals surface area (Å²) in [6.07, 6.45) is 7.00. The predicted octanol–water partition coefficient (Wildman–Crippen LogP) is 4.60. The maximum atomic E-state index is 13.0. The summed E-state index contributed by atoms with van der Waals surface area (Å²) >= 11 is 0. The lowest BCUT2D eigenvalue weighted by atomic mass is 9.91. The summed E-state index contributed by atoms with van der Waals surface area (Å²) in [5.41, 5.74) is 3.63. The standard InChI is InChI=1S/C25H30N2O3/c1-18(30-23-15-9-11-19-10-3-4-12-20(19)23)24(28)26-22-14-6-5-13-21(22)25(29)27-16-7-2-8-17-27/h5-6,9,11,13-15,18H,2-4,7-8,10,12,16-17H2,1H3,(H,26,28)/t18-/m1/s1. The predicted molar refractivity (Wildman–Crippen MR) is 118 cm³/mol. The number of nitrogens with one attached hydrogen (secondary N) is 1. The molecule has 0 aromatic heterocycles. The first-order chi connectivity index (χ1) is 14.6. The van der Waals surface area contributed by atoms with Gasteiger partial charge < -0.3 is 15.0 Å². The molecule has 0 spiro atoms. The average Bonchev–Trinajstić information content (AvgIpc) is 2.80. The van der Waals surface area contributed by atoms with E-state index in [1.54, 1.807) is 19.1 Å². The lowest BCUT2D eigenvalue weighted by Gasteiger charge is -2.27. The van der Waals surface area contributed by atoms with E-state index in [0.29, 0.717) is 11.3 Å². The summed E-state index contributed by atoms with van der Waals surface area (Å²) in [6, 6.07) is 13.3. The lowest BCUT2D eigenvalue weighted by molar-refractivity contribution is -0.122. The number of hydrogen-bond acceptors (Lipinski definition) is 3. The minimum absolute atomic E-state index is 0.0173. The van der Waals surface area contributed by atoms with E-state index in [2.05, 4.69) is 11.4 Å². The van der Waals surface area contributed by atoms with Crippen molar-refractivity contribution in [3.8, 4) is 5.75 Å². The zero-order chi connectivity index (χ0) is 20.9. The number of aryl methyl sites for hydroxylation is 1. The van der Waals surface area contributed by atoms with Crippen LogP contribution in [0.2, 0.25) is 0 Å². The van der Waals surface area contributed by atoms with E-state index in [9.17, 15) is 9.59 Å². The average molecular weight is 407 g/mol. The molecule has 2 aromatic carbocycles. The van der Waals surface area contributed by atoms with Crippen LogP contribution < -0.4 is 10.1 Å². The number of amides is 2. The first-order valence-corrected chi connectivity index (χ1v) is 11.1. The number of carbonyl (C=O) groups is 2. The quantitative estimate of drug-likeness (QED) is 0.790. The molecule has 1 fully saturated rings. The van der Waals surface area contributed by atoms with Gasteiger partial charge in [-0.15, -0.1) is 0 Å². The smallest absolute Gasteiger partial charge is 0.265 e. The Balaban J connectivity index is 1.46. The molecule has 2 aliphatic rings. The van der Waals surface area contributed by atoms with Crippen molar-refractivity contribution in [2.75, 3.05) is 18.4 Å². The summed E-state index contributed by atoms with van der Waals surface area (Å²) in [5, 5.41) is 2.92. The van der Waals surface area contributed by atoms with E-state index < -0.39 is 6.10 Å². The van der Waals surface area contributed by atoms with E-state index >= 15 is 0 Å². The van der Waals surface area contributed by atoms with E-state index in [1.165, 1.54) is 24.0 Å². The fourth-order valence-electron chi connectivity index (χ4n) is 4.38. The van der Waals surface area contributed by atoms with Crippen molar-refractivity contribution in [3.05, 3.63) is 59.2 Å². The topological polar surface area (TPSA) is 58.6 Å². The number of anilines is 1. The molecule has 5 nitrogen and oxygen atoms in total. The van der Waals surface area contributed by atoms with Crippen molar-refractivity contribution in [2.45, 2.75) is 58.0 Å². The Hall–Kier alpha value is -2.82. The number of likely N-dealkylation sites (tertiary alicyclic amines) is 1. The van der Waals surface area contributed by atoms with Gasteiger partial charge in [0.2, 0.25) is 0 Å². The molecule has 158 valence electrons. The van der Waals surface area contributed by atoms with Crippen molar-refractivity contribution < 1.29 is 14.3 Å². The van der Waals surface area contributed by atoms with Crippen LogP contribution >= 0.6 is 0 Å². The number of benzene rings is 2. The fourth-order valence-corrected chi connectivity index (χ4v) is 4.38. The molecule has 0 radical (unpaired) electrons. The molecule has 2 aromatic rings. The Labute approximate surface area is 178 Å². The molecule has 1 aliphatic carbocycles. The van der Waals surface area contributed by atoms with Crippen LogP contribution in [0.5, 0.6) is 5.75 Å². The third-order valence-corrected chi connectivity index (χ3v) is 6.08. The Morgan fingerprint density at radius 2 is 1.70 bits per heavy atom. The molecular formula is C25H30N2O3. The minimum Gasteiger partial charge on any atom is -0.481 e. The van der Waals surface area contributed by atoms with Crippen molar-refractivity contribution in [1.82, 2.24) is 4.90 Å². The Morgan fingerprint density at radius 1 is 0.933 bits per heavy atom. The summed E-state index contributed by atoms with van der Waals surface area (Å²) in [5.74, 6) is 0.533. The third kappa shape index (κ3) is 4.50. The summed E-state index contributed by atoms with van der Waals surface area (Å²) in [6.45, 7) is 3.31. The summed E-state index contributed by atoms with van der Waals surface area (Å²) in [4.78, 5) is 27.7. The van der Waals surface area contributed by atoms with Gasteiger partial charge in [-0.1, -0.05) is 24.3 Å². The monoisotopic (exact) mass is 406 g/mol. The van der Waals surface area contributed by atoms with Crippen LogP contribution in [0, 0.1) is 0 Å². The zero-order valence-electron chi connectivity index (χ0n) is 17.7. The molecule has 0 unspecified atom stereocenters. The Morgan fingerprint density at radius 3 is 2.53 bits per heavy atom. The molecule has 1 atom stereocenters. The Bertz CT molecular complexity index is 918. The summed E-state index contributed by atoms with van der Waals surface area (Å²) in [7, 11) is 0. The van der Waals surface area contributed by atoms with Crippen LogP contribution in [0.15, 0.2) is 42.5 Å². The number of para-hydroxylation sites is 1. The van der Waals surface area contributed by atoms with E-state index in [4.69, 9.17) is 4.74 Å². The van der Waals surface area contributed by atoms with Gasteiger partial charge in [-0.25, -0.2) is 0 Å². The van der Waals surface area contributed by atoms with Gasteiger partial charge in [-0.05, 0) is 81.2 Å². The van der Waals surface area contributed by atoms with Gasteiger partial charge in [0.05, 0.1) is 11.3 Å². The molecule has 1 N–H and O–H groups in total. The summed E-state index contributed by atoms with van der Waals surface area (Å²) < 4.78 is 6.06. The number of hydrogen-bond donors (Lipinski definition) is 1. The van der Waals surface area contributed by atoms with Crippen LogP contribution in [0.25, 0.3) is 0 Å². The first-order valence-electron chi connectivity index (χ1n) is 11.1. The highest BCUT2D eigenvalue weighted by molar-refractivity contribution is 6.04. The second-order valence-electron chi connectivity index (χ2n) is 8.25. The van der Waals surface area contributed by atoms with Gasteiger partial charge in [-0.2, -0.15) is 0 Å². The highest BCUT2D eigenvalue weighted by Gasteiger charge is 2.24. The van der Waals surface area contributed by atoms with Crippen molar-refractivity contribution >= 4 is 17.5 Å². The number of fused-ring (bicyclic) bond motifs is 1. The van der Waals surface area contributed by atoms with Crippen molar-refractivity contribution in [1.29, 1.82) is 0 Å². The van der Waals surface area contributed by atoms with Crippen LogP contribution in [0.1, 0.15) is 60.5 Å². The number of piperidine rings is 1. The zero-order valence-corrected chi connectivity index (χ0v) is 17.7. The molecule has 1 heterocycles. The second kappa shape index (κ2) is 9.33. The van der Waals surface area contributed by atoms with Crippen LogP contribution in [0.3, 0.4) is 0 Å². The number of carbonyl (C=O) groups excluding carboxylic acids is 2. The van der Waals surface area contributed by atoms with E-state index in [1.807, 2.05) is 29.2 Å². The van der Waals surface area contributed by atoms with Crippen LogP contribution in [-0.2, 0) is 17.6 Å². The molecule has 0 saturated carbocycles. The molecule has 1 aliphatic heterocycles. The van der Waals surface area contributed by atoms with Crippen LogP contribution in [-0.4, -0.2) is 35.9 Å². The van der Waals surface area contributed by atoms with Gasteiger partial charge in [-0.3, -0.25) is 9.59 Å². The molecule has 0 bridgehead atoms. The lowest BCUT2D eigenvalue weighted by Crippen LogP contribution is -2.36. The maximum absolute atomic E-state index is 13.0. The van der Waals surface area contributed by atoms with Gasteiger partial charge in [0.15, 0.2) is 6.10 Å². The van der Waals surface area contributed by atoms with Crippen molar-refractivity contribution in [2.24, 2.45) is 0 Å². The highest BCUT2D eigenvalue weighted by Crippen LogP contribution is 2.30. The Kier molecular flexibility index (Phi) is 6.36. The molecule has 1 saturated heterocycles. The third-order valence-electron chi connectivity index (χ3n) is 6.08. The van der Waals surface area contributed by atoms with E-state index in [-0.39, 0.29) is 11.8 Å². The molecular weight excluding hydrogens is 376 g/mol. The minimum atomic E-state index is -0.656. The SMILES string of the molecule is C[C@@H](Oc1cccc2c1CCCC2)C(=O)Nc1ccccc1C(=O)N1CCCCC1. The van der Waals surface area contributed by atoms with Gasteiger partial charge in [0, 0.05) is 13.1 Å². The van der Waals surface area contributed by atoms with E-state index in [0.717, 1.165) is 50.9 Å². The number of nitrogens with zero attached hydrogens (tertiary/aromatic N) is 1. The molecule has 2 amide bonds.